The molecule has 4 aromatic carbocycles. The van der Waals surface area contributed by atoms with Gasteiger partial charge >= 0.3 is 0 Å². The number of carbonyl (C=O) groups is 1. The van der Waals surface area contributed by atoms with Crippen LogP contribution >= 0.6 is 0 Å². The van der Waals surface area contributed by atoms with Crippen LogP contribution in [0.5, 0.6) is 40.2 Å². The van der Waals surface area contributed by atoms with Crippen LogP contribution in [0.1, 0.15) is 72.5 Å². The minimum Gasteiger partial charge on any atom is -0.508 e. The number of aliphatic hydroxyl groups is 1. The Labute approximate surface area is 282 Å². The molecule has 49 heavy (non-hydrogen) atoms. The molecular weight excluding hydrogens is 628 g/mol. The zero-order chi connectivity index (χ0) is 35.4. The minimum atomic E-state index is -1.10. The van der Waals surface area contributed by atoms with Crippen molar-refractivity contribution in [3.05, 3.63) is 101 Å². The first-order chi connectivity index (χ1) is 23.1. The summed E-state index contributed by atoms with van der Waals surface area (Å²) >= 11 is 0. The number of ketones is 1. The quantitative estimate of drug-likeness (QED) is 0.0609. The number of allylic oxidation sites excluding steroid dienone is 2. The van der Waals surface area contributed by atoms with Crippen molar-refractivity contribution in [3.8, 4) is 51.6 Å². The highest BCUT2D eigenvalue weighted by Crippen LogP contribution is 2.52. The van der Waals surface area contributed by atoms with E-state index in [0.29, 0.717) is 39.8 Å². The molecule has 0 unspecified atom stereocenters. The fourth-order valence-electron chi connectivity index (χ4n) is 6.90. The third kappa shape index (κ3) is 6.60. The van der Waals surface area contributed by atoms with Gasteiger partial charge in [0.25, 0.3) is 0 Å². The highest BCUT2D eigenvalue weighted by atomic mass is 16.3. The summed E-state index contributed by atoms with van der Waals surface area (Å²) in [4.78, 5) is 14.8. The topological polar surface area (TPSA) is 192 Å². The first-order valence-electron chi connectivity index (χ1n) is 15.9. The number of carbonyl (C=O) groups excluding carboxylic acids is 1. The molecule has 10 heteroatoms. The van der Waals surface area contributed by atoms with Gasteiger partial charge in [-0.2, -0.15) is 0 Å². The monoisotopic (exact) mass is 666 g/mol. The van der Waals surface area contributed by atoms with Crippen LogP contribution in [0.2, 0.25) is 0 Å². The zero-order valence-corrected chi connectivity index (χ0v) is 27.2. The molecule has 1 aliphatic rings. The maximum absolute atomic E-state index is 14.8. The number of rotatable bonds is 8. The van der Waals surface area contributed by atoms with E-state index in [4.69, 9.17) is 4.42 Å². The molecule has 254 valence electrons. The highest BCUT2D eigenvalue weighted by molar-refractivity contribution is 6.02. The Hall–Kier alpha value is -5.61. The van der Waals surface area contributed by atoms with Crippen molar-refractivity contribution in [2.75, 3.05) is 0 Å². The van der Waals surface area contributed by atoms with Crippen molar-refractivity contribution in [2.45, 2.75) is 57.5 Å². The highest BCUT2D eigenvalue weighted by Gasteiger charge is 2.42. The van der Waals surface area contributed by atoms with Crippen molar-refractivity contribution >= 4 is 16.8 Å². The molecule has 1 heterocycles. The smallest absolute Gasteiger partial charge is 0.171 e. The molecule has 0 fully saturated rings. The lowest BCUT2D eigenvalue weighted by Crippen LogP contribution is -2.31. The van der Waals surface area contributed by atoms with Gasteiger partial charge in [0.05, 0.1) is 11.2 Å². The minimum absolute atomic E-state index is 0.0652. The number of Topliss-reactive ketones (excluding diaryl/α,β-unsaturated/α-hetero) is 1. The van der Waals surface area contributed by atoms with E-state index in [1.165, 1.54) is 48.5 Å². The van der Waals surface area contributed by atoms with Crippen LogP contribution < -0.4 is 0 Å². The lowest BCUT2D eigenvalue weighted by molar-refractivity contribution is 0.0711. The van der Waals surface area contributed by atoms with Crippen LogP contribution in [-0.4, -0.2) is 52.2 Å². The molecule has 0 saturated carbocycles. The molecule has 0 radical (unpaired) electrons. The largest absolute Gasteiger partial charge is 0.508 e. The van der Waals surface area contributed by atoms with Gasteiger partial charge in [-0.25, -0.2) is 0 Å². The first kappa shape index (κ1) is 33.3. The summed E-state index contributed by atoms with van der Waals surface area (Å²) in [6, 6.07) is 15.7. The van der Waals surface area contributed by atoms with Gasteiger partial charge in [0.15, 0.2) is 5.78 Å². The third-order valence-corrected chi connectivity index (χ3v) is 9.26. The van der Waals surface area contributed by atoms with Crippen LogP contribution in [0.4, 0.5) is 0 Å². The number of phenols is 7. The van der Waals surface area contributed by atoms with E-state index in [1.807, 2.05) is 13.0 Å². The van der Waals surface area contributed by atoms with Gasteiger partial charge < -0.3 is 45.3 Å². The second-order valence-electron chi connectivity index (χ2n) is 13.6. The van der Waals surface area contributed by atoms with Gasteiger partial charge in [-0.3, -0.25) is 4.79 Å². The van der Waals surface area contributed by atoms with Crippen molar-refractivity contribution in [1.82, 2.24) is 0 Å². The summed E-state index contributed by atoms with van der Waals surface area (Å²) in [7, 11) is 0. The Morgan fingerprint density at radius 1 is 0.796 bits per heavy atom. The second-order valence-corrected chi connectivity index (χ2v) is 13.6. The number of hydrogen-bond donors (Lipinski definition) is 8. The Kier molecular flexibility index (Phi) is 8.46. The van der Waals surface area contributed by atoms with Crippen LogP contribution in [0.3, 0.4) is 0 Å². The molecule has 0 amide bonds. The Balaban J connectivity index is 1.51. The summed E-state index contributed by atoms with van der Waals surface area (Å²) in [5.41, 5.74) is 1.32. The third-order valence-electron chi connectivity index (χ3n) is 9.26. The van der Waals surface area contributed by atoms with Crippen molar-refractivity contribution < 1.29 is 50.1 Å². The number of furan rings is 1. The summed E-state index contributed by atoms with van der Waals surface area (Å²) in [6.45, 7) is 5.09. The van der Waals surface area contributed by atoms with Crippen LogP contribution in [0.25, 0.3) is 22.3 Å². The van der Waals surface area contributed by atoms with E-state index in [9.17, 15) is 45.6 Å². The van der Waals surface area contributed by atoms with Crippen LogP contribution in [0.15, 0.2) is 82.8 Å². The summed E-state index contributed by atoms with van der Waals surface area (Å²) in [5.74, 6) is -4.12. The van der Waals surface area contributed by atoms with E-state index < -0.39 is 34.9 Å². The van der Waals surface area contributed by atoms with Crippen LogP contribution in [0, 0.1) is 5.92 Å². The van der Waals surface area contributed by atoms with Crippen molar-refractivity contribution in [1.29, 1.82) is 0 Å². The predicted molar refractivity (Wildman–Crippen MR) is 182 cm³/mol. The van der Waals surface area contributed by atoms with E-state index in [1.54, 1.807) is 32.0 Å². The van der Waals surface area contributed by atoms with Gasteiger partial charge in [0.1, 0.15) is 51.6 Å². The number of aromatic hydroxyl groups is 7. The maximum Gasteiger partial charge on any atom is 0.171 e. The summed E-state index contributed by atoms with van der Waals surface area (Å²) in [6.07, 6.45) is 2.51. The molecule has 1 aliphatic carbocycles. The Bertz CT molecular complexity index is 2100. The molecule has 10 nitrogen and oxygen atoms in total. The van der Waals surface area contributed by atoms with E-state index in [2.05, 4.69) is 0 Å². The maximum atomic E-state index is 14.8. The van der Waals surface area contributed by atoms with Crippen LogP contribution in [-0.2, 0) is 6.42 Å². The molecule has 0 saturated heterocycles. The molecule has 6 rings (SSSR count). The second kappa shape index (κ2) is 12.4. The Morgan fingerprint density at radius 3 is 2.16 bits per heavy atom. The van der Waals surface area contributed by atoms with Crippen molar-refractivity contribution in [3.63, 3.8) is 0 Å². The number of hydrogen-bond acceptors (Lipinski definition) is 10. The normalized spacial score (nSPS) is 18.0. The van der Waals surface area contributed by atoms with E-state index in [0.717, 1.165) is 5.57 Å². The predicted octanol–water partition coefficient (Wildman–Crippen LogP) is 7.46. The van der Waals surface area contributed by atoms with Gasteiger partial charge in [0.2, 0.25) is 0 Å². The van der Waals surface area contributed by atoms with E-state index in [-0.39, 0.29) is 58.5 Å². The van der Waals surface area contributed by atoms with Gasteiger partial charge in [-0.15, -0.1) is 0 Å². The summed E-state index contributed by atoms with van der Waals surface area (Å²) in [5, 5.41) is 85.4. The fraction of sp³-hybridized carbons (Fsp3) is 0.256. The van der Waals surface area contributed by atoms with Gasteiger partial charge in [-0.05, 0) is 88.1 Å². The molecule has 0 spiro atoms. The lowest BCUT2D eigenvalue weighted by atomic mass is 9.65. The average molecular weight is 667 g/mol. The number of phenolic OH excluding ortho intramolecular Hbond substituents is 7. The number of fused-ring (bicyclic) bond motifs is 1. The lowest BCUT2D eigenvalue weighted by Gasteiger charge is -2.37. The fourth-order valence-corrected chi connectivity index (χ4v) is 6.90. The molecule has 0 aliphatic heterocycles. The van der Waals surface area contributed by atoms with Gasteiger partial charge in [-0.1, -0.05) is 17.7 Å². The SMILES string of the molecule is CC1=C[C@@H](c2cc3cc(-c4cc(O)cc(O)c4)oc3cc2O)[C@H](C(=O)c2ccc(O)c(CCC(C)(C)O)c2O)[C@@H](c2ccc(O)cc2O)C1. The average Bonchev–Trinajstić information content (AvgIpc) is 3.42. The number of benzene rings is 4. The molecule has 3 atom stereocenters. The standard InChI is InChI=1S/C39H38O10/c1-19-10-29(25-5-4-22(40)17-32(25)44)36(38(47)27-6-7-31(43)26(37(27)46)8-9-39(2,3)48)30(11-19)28-14-21-15-34(49-35(21)18-33(28)45)20-12-23(41)16-24(42)13-20/h4-7,11-18,29-30,36,40-46,48H,8-10H2,1-3H3/t29-,30+,36-/m1/s1. The van der Waals surface area contributed by atoms with Crippen molar-refractivity contribution in [2.24, 2.45) is 5.92 Å². The van der Waals surface area contributed by atoms with E-state index >= 15 is 0 Å². The molecular formula is C39H38O10. The Morgan fingerprint density at radius 2 is 1.49 bits per heavy atom. The molecule has 0 bridgehead atoms. The summed E-state index contributed by atoms with van der Waals surface area (Å²) < 4.78 is 5.96. The van der Waals surface area contributed by atoms with Gasteiger partial charge in [0, 0.05) is 58.0 Å². The zero-order valence-electron chi connectivity index (χ0n) is 27.2. The first-order valence-corrected chi connectivity index (χ1v) is 15.9. The molecule has 8 N–H and O–H groups in total. The molecule has 1 aromatic heterocycles. The molecule has 5 aromatic rings.